The summed E-state index contributed by atoms with van der Waals surface area (Å²) in [5.41, 5.74) is 11.0. The maximum Gasteiger partial charge on any atom is 0.0541 e. The van der Waals surface area contributed by atoms with Gasteiger partial charge in [-0.2, -0.15) is 0 Å². The molecule has 0 aliphatic rings. The number of rotatable bonds is 3. The van der Waals surface area contributed by atoms with Crippen LogP contribution in [0.25, 0.3) is 66.1 Å². The first-order valence-electron chi connectivity index (χ1n) is 14.5. The van der Waals surface area contributed by atoms with Gasteiger partial charge in [-0.05, 0) is 78.7 Å². The fourth-order valence-corrected chi connectivity index (χ4v) is 6.13. The second-order valence-corrected chi connectivity index (χ2v) is 10.3. The lowest BCUT2D eigenvalue weighted by molar-refractivity contribution is 1.17. The number of hydrogen-bond acceptors (Lipinski definition) is 0. The Morgan fingerprint density at radius 1 is 0.366 bits per heavy atom. The Morgan fingerprint density at radius 3 is 1.29 bits per heavy atom. The summed E-state index contributed by atoms with van der Waals surface area (Å²) >= 11 is 0. The van der Waals surface area contributed by atoms with Crippen LogP contribution in [0.1, 0.15) is 19.4 Å². The van der Waals surface area contributed by atoms with Gasteiger partial charge in [0, 0.05) is 32.9 Å². The maximum atomic E-state index is 2.38. The van der Waals surface area contributed by atoms with Crippen molar-refractivity contribution in [2.24, 2.45) is 0 Å². The molecule has 2 heteroatoms. The van der Waals surface area contributed by atoms with E-state index in [2.05, 4.69) is 156 Å². The van der Waals surface area contributed by atoms with Crippen LogP contribution in [0.15, 0.2) is 140 Å². The quantitative estimate of drug-likeness (QED) is 0.216. The van der Waals surface area contributed by atoms with Crippen LogP contribution in [0.3, 0.4) is 0 Å². The average molecular weight is 529 g/mol. The van der Waals surface area contributed by atoms with Crippen molar-refractivity contribution in [1.29, 1.82) is 0 Å². The molecule has 0 aliphatic carbocycles. The van der Waals surface area contributed by atoms with Gasteiger partial charge in [0.25, 0.3) is 0 Å². The van der Waals surface area contributed by atoms with Crippen molar-refractivity contribution in [1.82, 2.24) is 9.13 Å². The Bertz CT molecular complexity index is 2160. The molecule has 0 atom stereocenters. The predicted octanol–water partition coefficient (Wildman–Crippen LogP) is 10.9. The summed E-state index contributed by atoms with van der Waals surface area (Å²) in [5.74, 6) is 0. The number of hydrogen-bond donors (Lipinski definition) is 0. The lowest BCUT2D eigenvalue weighted by Gasteiger charge is -2.09. The summed E-state index contributed by atoms with van der Waals surface area (Å²) in [6, 6.07) is 50.7. The highest BCUT2D eigenvalue weighted by Crippen LogP contribution is 2.38. The van der Waals surface area contributed by atoms with Crippen molar-refractivity contribution in [3.63, 3.8) is 0 Å². The molecule has 0 unspecified atom stereocenters. The van der Waals surface area contributed by atoms with Gasteiger partial charge in [0.05, 0.1) is 22.1 Å². The molecule has 8 aromatic rings. The molecule has 8 rings (SSSR count). The van der Waals surface area contributed by atoms with Crippen LogP contribution in [0.2, 0.25) is 0 Å². The first-order chi connectivity index (χ1) is 20.3. The molecule has 0 aliphatic heterocycles. The molecule has 2 nitrogen and oxygen atoms in total. The van der Waals surface area contributed by atoms with E-state index in [-0.39, 0.29) is 0 Å². The van der Waals surface area contributed by atoms with Gasteiger partial charge in [-0.1, -0.05) is 98.3 Å². The van der Waals surface area contributed by atoms with Gasteiger partial charge in [-0.3, -0.25) is 0 Å². The van der Waals surface area contributed by atoms with Crippen molar-refractivity contribution in [3.05, 3.63) is 145 Å². The number of aryl methyl sites for hydroxylation is 1. The summed E-state index contributed by atoms with van der Waals surface area (Å²) in [5, 5.41) is 5.09. The summed E-state index contributed by atoms with van der Waals surface area (Å²) in [4.78, 5) is 0. The average Bonchev–Trinajstić information content (AvgIpc) is 3.55. The molecule has 0 radical (unpaired) electrons. The maximum absolute atomic E-state index is 2.38. The standard InChI is InChI=1S/C37H26N2.C2H6/c1-25-15-19-29(20-16-25)39-35-14-8-6-12-31(35)33-24-27(18-22-37(33)39)26-17-21-36-32(23-26)30-11-5-7-13-34(30)38(36)28-9-3-2-4-10-28;1-2/h2-24H,1H3;1-2H3. The van der Waals surface area contributed by atoms with Gasteiger partial charge >= 0.3 is 0 Å². The number of nitrogens with zero attached hydrogens (tertiary/aromatic N) is 2. The SMILES string of the molecule is CC.Cc1ccc(-n2c3ccccc3c3cc(-c4ccc5c(c4)c4ccccc4n5-c4ccccc4)ccc32)cc1. The predicted molar refractivity (Wildman–Crippen MR) is 177 cm³/mol. The summed E-state index contributed by atoms with van der Waals surface area (Å²) in [6.45, 7) is 6.13. The van der Waals surface area contributed by atoms with Crippen LogP contribution in [-0.4, -0.2) is 9.13 Å². The van der Waals surface area contributed by atoms with E-state index in [0.717, 1.165) is 0 Å². The third kappa shape index (κ3) is 4.03. The normalized spacial score (nSPS) is 11.3. The molecule has 0 fully saturated rings. The highest BCUT2D eigenvalue weighted by molar-refractivity contribution is 6.12. The van der Waals surface area contributed by atoms with Crippen molar-refractivity contribution in [2.75, 3.05) is 0 Å². The molecule has 0 N–H and O–H groups in total. The second-order valence-electron chi connectivity index (χ2n) is 10.3. The zero-order valence-corrected chi connectivity index (χ0v) is 23.7. The first kappa shape index (κ1) is 24.9. The topological polar surface area (TPSA) is 9.86 Å². The molecule has 2 aromatic heterocycles. The molecule has 0 saturated carbocycles. The Hall–Kier alpha value is -5.08. The largest absolute Gasteiger partial charge is 0.309 e. The van der Waals surface area contributed by atoms with E-state index in [1.54, 1.807) is 0 Å². The third-order valence-electron chi connectivity index (χ3n) is 7.99. The van der Waals surface area contributed by atoms with Gasteiger partial charge in [0.15, 0.2) is 0 Å². The summed E-state index contributed by atoms with van der Waals surface area (Å²) in [7, 11) is 0. The van der Waals surface area contributed by atoms with Gasteiger partial charge in [-0.15, -0.1) is 0 Å². The zero-order chi connectivity index (χ0) is 27.9. The lowest BCUT2D eigenvalue weighted by Crippen LogP contribution is -1.93. The fourth-order valence-electron chi connectivity index (χ4n) is 6.13. The van der Waals surface area contributed by atoms with E-state index in [4.69, 9.17) is 0 Å². The van der Waals surface area contributed by atoms with Gasteiger partial charge in [0.1, 0.15) is 0 Å². The molecule has 0 bridgehead atoms. The zero-order valence-electron chi connectivity index (χ0n) is 23.7. The molecule has 6 aromatic carbocycles. The van der Waals surface area contributed by atoms with Crippen LogP contribution in [-0.2, 0) is 0 Å². The van der Waals surface area contributed by atoms with Gasteiger partial charge < -0.3 is 9.13 Å². The monoisotopic (exact) mass is 528 g/mol. The molecule has 0 spiro atoms. The van der Waals surface area contributed by atoms with E-state index in [1.165, 1.54) is 71.7 Å². The molecule has 2 heterocycles. The van der Waals surface area contributed by atoms with E-state index in [0.29, 0.717) is 0 Å². The minimum atomic E-state index is 1.18. The number of aromatic nitrogens is 2. The van der Waals surface area contributed by atoms with E-state index in [1.807, 2.05) is 13.8 Å². The minimum absolute atomic E-state index is 1.18. The molecular weight excluding hydrogens is 496 g/mol. The van der Waals surface area contributed by atoms with E-state index >= 15 is 0 Å². The highest BCUT2D eigenvalue weighted by Gasteiger charge is 2.15. The van der Waals surface area contributed by atoms with Crippen LogP contribution in [0.5, 0.6) is 0 Å². The summed E-state index contributed by atoms with van der Waals surface area (Å²) in [6.07, 6.45) is 0. The third-order valence-corrected chi connectivity index (χ3v) is 7.99. The van der Waals surface area contributed by atoms with Gasteiger partial charge in [-0.25, -0.2) is 0 Å². The van der Waals surface area contributed by atoms with E-state index in [9.17, 15) is 0 Å². The second kappa shape index (κ2) is 10.1. The van der Waals surface area contributed by atoms with Crippen molar-refractivity contribution >= 4 is 43.6 Å². The molecular formula is C39H32N2. The molecule has 41 heavy (non-hydrogen) atoms. The van der Waals surface area contributed by atoms with Crippen LogP contribution in [0, 0.1) is 6.92 Å². The van der Waals surface area contributed by atoms with Crippen molar-refractivity contribution in [2.45, 2.75) is 20.8 Å². The Kier molecular flexibility index (Phi) is 6.17. The minimum Gasteiger partial charge on any atom is -0.309 e. The molecule has 198 valence electrons. The Labute approximate surface area is 240 Å². The van der Waals surface area contributed by atoms with Crippen LogP contribution in [0.4, 0.5) is 0 Å². The van der Waals surface area contributed by atoms with Crippen LogP contribution < -0.4 is 0 Å². The van der Waals surface area contributed by atoms with Crippen molar-refractivity contribution in [3.8, 4) is 22.5 Å². The molecule has 0 amide bonds. The van der Waals surface area contributed by atoms with E-state index < -0.39 is 0 Å². The highest BCUT2D eigenvalue weighted by atomic mass is 15.0. The molecule has 0 saturated heterocycles. The van der Waals surface area contributed by atoms with Crippen molar-refractivity contribution < 1.29 is 0 Å². The number of benzene rings is 6. The Balaban J connectivity index is 0.00000135. The lowest BCUT2D eigenvalue weighted by atomic mass is 10.0. The number of fused-ring (bicyclic) bond motifs is 6. The first-order valence-corrected chi connectivity index (χ1v) is 14.5. The Morgan fingerprint density at radius 2 is 0.780 bits per heavy atom. The number of para-hydroxylation sites is 3. The fraction of sp³-hybridized carbons (Fsp3) is 0.0769. The smallest absolute Gasteiger partial charge is 0.0541 e. The summed E-state index contributed by atoms with van der Waals surface area (Å²) < 4.78 is 4.75. The van der Waals surface area contributed by atoms with Crippen LogP contribution >= 0.6 is 0 Å². The van der Waals surface area contributed by atoms with Gasteiger partial charge in [0.2, 0.25) is 0 Å².